The highest BCUT2D eigenvalue weighted by atomic mass is 16.4. The van der Waals surface area contributed by atoms with E-state index < -0.39 is 31.0 Å². The Balaban J connectivity index is 4.06. The van der Waals surface area contributed by atoms with Crippen molar-refractivity contribution in [1.82, 2.24) is 5.32 Å². The Kier molecular flexibility index (Phi) is 7.18. The largest absolute Gasteiger partial charge is 0.394 e. The van der Waals surface area contributed by atoms with Gasteiger partial charge in [0.15, 0.2) is 0 Å². The summed E-state index contributed by atoms with van der Waals surface area (Å²) in [6, 6.07) is 0. The summed E-state index contributed by atoms with van der Waals surface area (Å²) in [4.78, 5) is 10.8. The van der Waals surface area contributed by atoms with E-state index in [9.17, 15) is 20.1 Å². The molecule has 0 fully saturated rings. The Labute approximate surface area is 93.3 Å². The quantitative estimate of drug-likeness (QED) is 0.279. The molecule has 0 bridgehead atoms. The zero-order valence-electron chi connectivity index (χ0n) is 9.08. The first-order chi connectivity index (χ1) is 7.43. The van der Waals surface area contributed by atoms with Gasteiger partial charge in [-0.2, -0.15) is 0 Å². The van der Waals surface area contributed by atoms with Gasteiger partial charge in [0, 0.05) is 13.0 Å². The number of aliphatic hydroxyl groups is 5. The number of hydrogen-bond donors (Lipinski definition) is 6. The van der Waals surface area contributed by atoms with Crippen LogP contribution in [0.4, 0.5) is 0 Å². The SMILES string of the molecule is CCC(=O)NC[C@H](O)[C@@H](O)[C@H](O)[C@H](O)CO. The number of amides is 1. The number of aliphatic hydroxyl groups excluding tert-OH is 5. The Morgan fingerprint density at radius 3 is 2.06 bits per heavy atom. The van der Waals surface area contributed by atoms with Crippen molar-refractivity contribution in [3.05, 3.63) is 0 Å². The van der Waals surface area contributed by atoms with E-state index in [1.165, 1.54) is 0 Å². The lowest BCUT2D eigenvalue weighted by Gasteiger charge is -2.25. The summed E-state index contributed by atoms with van der Waals surface area (Å²) in [5.41, 5.74) is 0. The van der Waals surface area contributed by atoms with E-state index >= 15 is 0 Å². The Morgan fingerprint density at radius 2 is 1.62 bits per heavy atom. The molecular formula is C9H19NO6. The van der Waals surface area contributed by atoms with Gasteiger partial charge in [-0.15, -0.1) is 0 Å². The maximum absolute atomic E-state index is 10.8. The average Bonchev–Trinajstić information content (AvgIpc) is 2.32. The van der Waals surface area contributed by atoms with Crippen molar-refractivity contribution in [1.29, 1.82) is 0 Å². The molecule has 96 valence electrons. The minimum atomic E-state index is -1.67. The van der Waals surface area contributed by atoms with E-state index in [-0.39, 0.29) is 18.9 Å². The molecule has 0 spiro atoms. The van der Waals surface area contributed by atoms with Gasteiger partial charge in [-0.1, -0.05) is 6.92 Å². The fourth-order valence-electron chi connectivity index (χ4n) is 1.03. The van der Waals surface area contributed by atoms with Crippen molar-refractivity contribution in [3.8, 4) is 0 Å². The van der Waals surface area contributed by atoms with E-state index in [1.54, 1.807) is 6.92 Å². The molecule has 0 aromatic rings. The zero-order valence-corrected chi connectivity index (χ0v) is 9.08. The first-order valence-electron chi connectivity index (χ1n) is 5.03. The van der Waals surface area contributed by atoms with Crippen LogP contribution in [0, 0.1) is 0 Å². The molecule has 6 N–H and O–H groups in total. The van der Waals surface area contributed by atoms with Crippen LogP contribution in [0.3, 0.4) is 0 Å². The van der Waals surface area contributed by atoms with Crippen LogP contribution >= 0.6 is 0 Å². The first kappa shape index (κ1) is 15.3. The lowest BCUT2D eigenvalue weighted by atomic mass is 10.0. The zero-order chi connectivity index (χ0) is 12.7. The van der Waals surface area contributed by atoms with Crippen LogP contribution in [-0.4, -0.2) is 69.0 Å². The third-order valence-corrected chi connectivity index (χ3v) is 2.15. The van der Waals surface area contributed by atoms with Gasteiger partial charge in [-0.05, 0) is 0 Å². The monoisotopic (exact) mass is 237 g/mol. The van der Waals surface area contributed by atoms with Crippen molar-refractivity contribution in [2.75, 3.05) is 13.2 Å². The van der Waals surface area contributed by atoms with Gasteiger partial charge < -0.3 is 30.8 Å². The summed E-state index contributed by atoms with van der Waals surface area (Å²) in [6.07, 6.45) is -6.01. The topological polar surface area (TPSA) is 130 Å². The van der Waals surface area contributed by atoms with Gasteiger partial charge in [-0.3, -0.25) is 4.79 Å². The Hall–Kier alpha value is -0.730. The molecule has 0 saturated heterocycles. The van der Waals surface area contributed by atoms with Gasteiger partial charge in [0.25, 0.3) is 0 Å². The second-order valence-electron chi connectivity index (χ2n) is 3.46. The number of carbonyl (C=O) groups excluding carboxylic acids is 1. The molecular weight excluding hydrogens is 218 g/mol. The molecule has 1 amide bonds. The predicted molar refractivity (Wildman–Crippen MR) is 54.4 cm³/mol. The summed E-state index contributed by atoms with van der Waals surface area (Å²) >= 11 is 0. The standard InChI is InChI=1S/C9H19NO6/c1-2-7(14)10-3-5(12)8(15)9(16)6(13)4-11/h5-6,8-9,11-13,15-16H,2-4H2,1H3,(H,10,14)/t5-,6+,8+,9+/m0/s1. The maximum Gasteiger partial charge on any atom is 0.219 e. The summed E-state index contributed by atoms with van der Waals surface area (Å²) in [5.74, 6) is -0.302. The molecule has 0 saturated carbocycles. The molecule has 4 atom stereocenters. The molecule has 0 aromatic carbocycles. The van der Waals surface area contributed by atoms with Crippen molar-refractivity contribution >= 4 is 5.91 Å². The number of carbonyl (C=O) groups is 1. The van der Waals surface area contributed by atoms with Gasteiger partial charge in [0.1, 0.15) is 18.3 Å². The van der Waals surface area contributed by atoms with Crippen molar-refractivity contribution in [2.45, 2.75) is 37.8 Å². The number of rotatable bonds is 7. The molecule has 0 aliphatic heterocycles. The van der Waals surface area contributed by atoms with Crippen molar-refractivity contribution < 1.29 is 30.3 Å². The Morgan fingerprint density at radius 1 is 1.12 bits per heavy atom. The predicted octanol–water partition coefficient (Wildman–Crippen LogP) is -3.05. The van der Waals surface area contributed by atoms with Gasteiger partial charge in [-0.25, -0.2) is 0 Å². The molecule has 0 unspecified atom stereocenters. The summed E-state index contributed by atoms with van der Waals surface area (Å²) < 4.78 is 0. The van der Waals surface area contributed by atoms with Crippen LogP contribution < -0.4 is 5.32 Å². The molecule has 0 aromatic heterocycles. The molecule has 7 heteroatoms. The fourth-order valence-corrected chi connectivity index (χ4v) is 1.03. The molecule has 0 rings (SSSR count). The average molecular weight is 237 g/mol. The highest BCUT2D eigenvalue weighted by Gasteiger charge is 2.29. The number of hydrogen-bond acceptors (Lipinski definition) is 6. The lowest BCUT2D eigenvalue weighted by Crippen LogP contribution is -2.49. The van der Waals surface area contributed by atoms with Crippen LogP contribution in [0.15, 0.2) is 0 Å². The second-order valence-corrected chi connectivity index (χ2v) is 3.46. The minimum Gasteiger partial charge on any atom is -0.394 e. The van der Waals surface area contributed by atoms with E-state index in [4.69, 9.17) is 10.2 Å². The third-order valence-electron chi connectivity index (χ3n) is 2.15. The molecule has 0 heterocycles. The van der Waals surface area contributed by atoms with Crippen LogP contribution in [0.5, 0.6) is 0 Å². The molecule has 0 aliphatic carbocycles. The maximum atomic E-state index is 10.8. The second kappa shape index (κ2) is 7.53. The van der Waals surface area contributed by atoms with Crippen LogP contribution in [0.1, 0.15) is 13.3 Å². The molecule has 7 nitrogen and oxygen atoms in total. The summed E-state index contributed by atoms with van der Waals surface area (Å²) in [5, 5.41) is 47.8. The van der Waals surface area contributed by atoms with Gasteiger partial charge in [0.2, 0.25) is 5.91 Å². The van der Waals surface area contributed by atoms with E-state index in [1.807, 2.05) is 0 Å². The van der Waals surface area contributed by atoms with E-state index in [0.29, 0.717) is 0 Å². The van der Waals surface area contributed by atoms with Crippen molar-refractivity contribution in [2.24, 2.45) is 0 Å². The van der Waals surface area contributed by atoms with Crippen LogP contribution in [-0.2, 0) is 4.79 Å². The van der Waals surface area contributed by atoms with Gasteiger partial charge in [0.05, 0.1) is 12.7 Å². The lowest BCUT2D eigenvalue weighted by molar-refractivity contribution is -0.125. The molecule has 16 heavy (non-hydrogen) atoms. The fraction of sp³-hybridized carbons (Fsp3) is 0.889. The first-order valence-corrected chi connectivity index (χ1v) is 5.03. The smallest absolute Gasteiger partial charge is 0.219 e. The highest BCUT2D eigenvalue weighted by Crippen LogP contribution is 2.04. The van der Waals surface area contributed by atoms with Crippen molar-refractivity contribution in [3.63, 3.8) is 0 Å². The summed E-state index contributed by atoms with van der Waals surface area (Å²) in [7, 11) is 0. The minimum absolute atomic E-state index is 0.233. The summed E-state index contributed by atoms with van der Waals surface area (Å²) in [6.45, 7) is 0.665. The van der Waals surface area contributed by atoms with E-state index in [0.717, 1.165) is 0 Å². The normalized spacial score (nSPS) is 18.6. The van der Waals surface area contributed by atoms with Gasteiger partial charge >= 0.3 is 0 Å². The Bertz CT molecular complexity index is 212. The van der Waals surface area contributed by atoms with Crippen LogP contribution in [0.2, 0.25) is 0 Å². The highest BCUT2D eigenvalue weighted by molar-refractivity contribution is 5.75. The number of nitrogens with one attached hydrogen (secondary N) is 1. The van der Waals surface area contributed by atoms with E-state index in [2.05, 4.69) is 5.32 Å². The van der Waals surface area contributed by atoms with Crippen LogP contribution in [0.25, 0.3) is 0 Å². The third kappa shape index (κ3) is 4.86. The molecule has 0 aliphatic rings. The molecule has 0 radical (unpaired) electrons.